The Labute approximate surface area is 87.3 Å². The molecule has 0 spiro atoms. The highest BCUT2D eigenvalue weighted by Crippen LogP contribution is 1.99. The molecule has 0 unspecified atom stereocenters. The van der Waals surface area contributed by atoms with Crippen molar-refractivity contribution in [2.45, 2.75) is 20.0 Å². The van der Waals surface area contributed by atoms with Crippen LogP contribution in [0.4, 0.5) is 0 Å². The summed E-state index contributed by atoms with van der Waals surface area (Å²) in [4.78, 5) is 0. The SMILES string of the molecule is Cc1nnc(CNCc2ccnn2C)o1. The summed E-state index contributed by atoms with van der Waals surface area (Å²) >= 11 is 0. The predicted molar refractivity (Wildman–Crippen MR) is 52.8 cm³/mol. The summed E-state index contributed by atoms with van der Waals surface area (Å²) in [5.41, 5.74) is 1.12. The van der Waals surface area contributed by atoms with Crippen molar-refractivity contribution in [2.24, 2.45) is 7.05 Å². The molecule has 6 heteroatoms. The first-order chi connectivity index (χ1) is 7.25. The molecule has 6 nitrogen and oxygen atoms in total. The zero-order chi connectivity index (χ0) is 10.7. The lowest BCUT2D eigenvalue weighted by Crippen LogP contribution is -2.15. The van der Waals surface area contributed by atoms with Crippen molar-refractivity contribution in [1.29, 1.82) is 0 Å². The van der Waals surface area contributed by atoms with Gasteiger partial charge in [-0.05, 0) is 6.07 Å². The van der Waals surface area contributed by atoms with Crippen molar-refractivity contribution in [3.63, 3.8) is 0 Å². The molecule has 2 rings (SSSR count). The lowest BCUT2D eigenvalue weighted by atomic mass is 10.4. The summed E-state index contributed by atoms with van der Waals surface area (Å²) in [6.45, 7) is 3.08. The minimum Gasteiger partial charge on any atom is -0.424 e. The van der Waals surface area contributed by atoms with Crippen LogP contribution in [0.1, 0.15) is 17.5 Å². The van der Waals surface area contributed by atoms with Crippen LogP contribution in [0.3, 0.4) is 0 Å². The first-order valence-corrected chi connectivity index (χ1v) is 4.72. The maximum atomic E-state index is 5.23. The van der Waals surface area contributed by atoms with E-state index in [-0.39, 0.29) is 0 Å². The van der Waals surface area contributed by atoms with Gasteiger partial charge in [0.05, 0.1) is 12.2 Å². The summed E-state index contributed by atoms with van der Waals surface area (Å²) in [6.07, 6.45) is 1.77. The van der Waals surface area contributed by atoms with E-state index in [1.807, 2.05) is 17.8 Å². The summed E-state index contributed by atoms with van der Waals surface area (Å²) in [7, 11) is 1.91. The molecule has 2 aromatic rings. The van der Waals surface area contributed by atoms with Gasteiger partial charge in [0.2, 0.25) is 11.8 Å². The predicted octanol–water partition coefficient (Wildman–Crippen LogP) is 0.401. The molecule has 2 heterocycles. The second-order valence-electron chi connectivity index (χ2n) is 3.26. The number of aromatic nitrogens is 4. The molecule has 0 bridgehead atoms. The molecule has 0 fully saturated rings. The highest BCUT2D eigenvalue weighted by atomic mass is 16.4. The third-order valence-corrected chi connectivity index (χ3v) is 2.07. The molecule has 0 atom stereocenters. The Hall–Kier alpha value is -1.69. The molecular weight excluding hydrogens is 194 g/mol. The Morgan fingerprint density at radius 3 is 2.87 bits per heavy atom. The molecule has 0 aliphatic rings. The maximum Gasteiger partial charge on any atom is 0.230 e. The molecule has 80 valence electrons. The highest BCUT2D eigenvalue weighted by molar-refractivity contribution is 4.99. The van der Waals surface area contributed by atoms with Crippen molar-refractivity contribution in [1.82, 2.24) is 25.3 Å². The molecular formula is C9H13N5O. The fourth-order valence-electron chi connectivity index (χ4n) is 1.28. The first kappa shape index (κ1) is 9.85. The topological polar surface area (TPSA) is 68.8 Å². The van der Waals surface area contributed by atoms with E-state index in [9.17, 15) is 0 Å². The molecule has 0 saturated heterocycles. The molecule has 0 saturated carbocycles. The van der Waals surface area contributed by atoms with E-state index in [1.54, 1.807) is 13.1 Å². The van der Waals surface area contributed by atoms with Crippen LogP contribution in [0.25, 0.3) is 0 Å². The van der Waals surface area contributed by atoms with E-state index < -0.39 is 0 Å². The number of aryl methyl sites for hydroxylation is 2. The van der Waals surface area contributed by atoms with E-state index >= 15 is 0 Å². The molecule has 0 aliphatic carbocycles. The van der Waals surface area contributed by atoms with Gasteiger partial charge >= 0.3 is 0 Å². The van der Waals surface area contributed by atoms with Crippen molar-refractivity contribution in [3.8, 4) is 0 Å². The number of nitrogens with zero attached hydrogens (tertiary/aromatic N) is 4. The Morgan fingerprint density at radius 1 is 1.40 bits per heavy atom. The average molecular weight is 207 g/mol. The zero-order valence-electron chi connectivity index (χ0n) is 8.77. The number of hydrogen-bond donors (Lipinski definition) is 1. The van der Waals surface area contributed by atoms with E-state index in [2.05, 4.69) is 20.6 Å². The van der Waals surface area contributed by atoms with Crippen LogP contribution in [0.15, 0.2) is 16.7 Å². The molecule has 0 aliphatic heterocycles. The minimum absolute atomic E-state index is 0.575. The van der Waals surface area contributed by atoms with Crippen LogP contribution in [0, 0.1) is 6.92 Å². The fraction of sp³-hybridized carbons (Fsp3) is 0.444. The highest BCUT2D eigenvalue weighted by Gasteiger charge is 2.02. The van der Waals surface area contributed by atoms with E-state index in [4.69, 9.17) is 4.42 Å². The van der Waals surface area contributed by atoms with Gasteiger partial charge < -0.3 is 9.73 Å². The lowest BCUT2D eigenvalue weighted by Gasteiger charge is -2.01. The van der Waals surface area contributed by atoms with Gasteiger partial charge in [-0.25, -0.2) is 0 Å². The quantitative estimate of drug-likeness (QED) is 0.786. The van der Waals surface area contributed by atoms with Crippen molar-refractivity contribution in [3.05, 3.63) is 29.7 Å². The molecule has 15 heavy (non-hydrogen) atoms. The van der Waals surface area contributed by atoms with Gasteiger partial charge in [-0.1, -0.05) is 0 Å². The number of nitrogens with one attached hydrogen (secondary N) is 1. The Balaban J connectivity index is 1.83. The van der Waals surface area contributed by atoms with E-state index in [0.29, 0.717) is 18.3 Å². The number of hydrogen-bond acceptors (Lipinski definition) is 5. The summed E-state index contributed by atoms with van der Waals surface area (Å²) < 4.78 is 7.05. The number of rotatable bonds is 4. The Morgan fingerprint density at radius 2 is 2.27 bits per heavy atom. The van der Waals surface area contributed by atoms with Crippen LogP contribution in [-0.2, 0) is 20.1 Å². The summed E-state index contributed by atoms with van der Waals surface area (Å²) in [6, 6.07) is 1.96. The molecule has 0 amide bonds. The molecule has 1 N–H and O–H groups in total. The fourth-order valence-corrected chi connectivity index (χ4v) is 1.28. The second kappa shape index (κ2) is 4.22. The summed E-state index contributed by atoms with van der Waals surface area (Å²) in [5, 5.41) is 14.9. The summed E-state index contributed by atoms with van der Waals surface area (Å²) in [5.74, 6) is 1.20. The van der Waals surface area contributed by atoms with Gasteiger partial charge in [0, 0.05) is 26.7 Å². The monoisotopic (exact) mass is 207 g/mol. The minimum atomic E-state index is 0.575. The molecule has 2 aromatic heterocycles. The standard InChI is InChI=1S/C9H13N5O/c1-7-12-13-9(15-7)6-10-5-8-3-4-11-14(8)2/h3-4,10H,5-6H2,1-2H3. The maximum absolute atomic E-state index is 5.23. The van der Waals surface area contributed by atoms with Crippen LogP contribution in [0.2, 0.25) is 0 Å². The third-order valence-electron chi connectivity index (χ3n) is 2.07. The smallest absolute Gasteiger partial charge is 0.230 e. The zero-order valence-corrected chi connectivity index (χ0v) is 8.77. The first-order valence-electron chi connectivity index (χ1n) is 4.72. The van der Waals surface area contributed by atoms with Crippen LogP contribution >= 0.6 is 0 Å². The Kier molecular flexibility index (Phi) is 2.77. The van der Waals surface area contributed by atoms with Crippen molar-refractivity contribution in [2.75, 3.05) is 0 Å². The van der Waals surface area contributed by atoms with Crippen LogP contribution in [-0.4, -0.2) is 20.0 Å². The average Bonchev–Trinajstić information content (AvgIpc) is 2.77. The largest absolute Gasteiger partial charge is 0.424 e. The van der Waals surface area contributed by atoms with Gasteiger partial charge in [0.1, 0.15) is 0 Å². The van der Waals surface area contributed by atoms with Crippen LogP contribution < -0.4 is 5.32 Å². The van der Waals surface area contributed by atoms with Gasteiger partial charge in [0.15, 0.2) is 0 Å². The van der Waals surface area contributed by atoms with Gasteiger partial charge in [-0.3, -0.25) is 4.68 Å². The van der Waals surface area contributed by atoms with Gasteiger partial charge in [0.25, 0.3) is 0 Å². The van der Waals surface area contributed by atoms with Crippen molar-refractivity contribution >= 4 is 0 Å². The third kappa shape index (κ3) is 2.41. The molecule has 0 radical (unpaired) electrons. The lowest BCUT2D eigenvalue weighted by molar-refractivity contribution is 0.444. The normalized spacial score (nSPS) is 10.8. The second-order valence-corrected chi connectivity index (χ2v) is 3.26. The Bertz CT molecular complexity index is 433. The van der Waals surface area contributed by atoms with Gasteiger partial charge in [-0.15, -0.1) is 10.2 Å². The molecule has 0 aromatic carbocycles. The van der Waals surface area contributed by atoms with Crippen molar-refractivity contribution < 1.29 is 4.42 Å². The van der Waals surface area contributed by atoms with E-state index in [1.165, 1.54) is 0 Å². The van der Waals surface area contributed by atoms with E-state index in [0.717, 1.165) is 12.2 Å². The van der Waals surface area contributed by atoms with Crippen LogP contribution in [0.5, 0.6) is 0 Å². The van der Waals surface area contributed by atoms with Gasteiger partial charge in [-0.2, -0.15) is 5.10 Å².